The maximum atomic E-state index is 13.3. The first kappa shape index (κ1) is 10.5. The zero-order chi connectivity index (χ0) is 10.6. The van der Waals surface area contributed by atoms with Crippen LogP contribution in [-0.4, -0.2) is 13.1 Å². The van der Waals surface area contributed by atoms with Crippen molar-refractivity contribution in [3.8, 4) is 6.07 Å². The molecule has 0 radical (unpaired) electrons. The van der Waals surface area contributed by atoms with Gasteiger partial charge >= 0.3 is 0 Å². The van der Waals surface area contributed by atoms with Gasteiger partial charge in [0.25, 0.3) is 0 Å². The van der Waals surface area contributed by atoms with Crippen LogP contribution in [0.3, 0.4) is 0 Å². The summed E-state index contributed by atoms with van der Waals surface area (Å²) in [5, 5.41) is 8.53. The molecule has 0 N–H and O–H groups in total. The van der Waals surface area contributed by atoms with Crippen molar-refractivity contribution in [2.24, 2.45) is 0 Å². The smallest absolute Gasteiger partial charge is 0.146 e. The molecule has 0 amide bonds. The lowest BCUT2D eigenvalue weighted by atomic mass is 10.2. The highest BCUT2D eigenvalue weighted by molar-refractivity contribution is 5.47. The minimum absolute atomic E-state index is 0.0249. The highest BCUT2D eigenvalue weighted by atomic mass is 19.1. The maximum Gasteiger partial charge on any atom is 0.146 e. The average molecular weight is 192 g/mol. The third-order valence-electron chi connectivity index (χ3n) is 2.28. The number of halogens is 1. The van der Waals surface area contributed by atoms with Crippen molar-refractivity contribution in [1.82, 2.24) is 0 Å². The highest BCUT2D eigenvalue weighted by Crippen LogP contribution is 2.19. The van der Waals surface area contributed by atoms with Crippen molar-refractivity contribution >= 4 is 5.69 Å². The van der Waals surface area contributed by atoms with E-state index < -0.39 is 0 Å². The van der Waals surface area contributed by atoms with Gasteiger partial charge in [0, 0.05) is 13.1 Å². The Balaban J connectivity index is 2.84. The third kappa shape index (κ3) is 2.23. The molecular formula is C11H13FN2. The minimum atomic E-state index is -0.250. The molecule has 0 spiro atoms. The summed E-state index contributed by atoms with van der Waals surface area (Å²) in [6.07, 6.45) is 0.394. The van der Waals surface area contributed by atoms with E-state index in [2.05, 4.69) is 6.07 Å². The Morgan fingerprint density at radius 3 is 2.71 bits per heavy atom. The summed E-state index contributed by atoms with van der Waals surface area (Å²) in [5.41, 5.74) is 0.537. The second kappa shape index (κ2) is 4.61. The first-order chi connectivity index (χ1) is 6.66. The molecule has 1 rings (SSSR count). The molecule has 0 fully saturated rings. The van der Waals surface area contributed by atoms with Crippen LogP contribution in [0.25, 0.3) is 0 Å². The summed E-state index contributed by atoms with van der Waals surface area (Å²) in [6.45, 7) is 1.90. The molecule has 0 aliphatic rings. The Bertz CT molecular complexity index is 343. The molecule has 1 unspecified atom stereocenters. The first-order valence-electron chi connectivity index (χ1n) is 4.51. The van der Waals surface area contributed by atoms with Gasteiger partial charge in [0.2, 0.25) is 0 Å². The maximum absolute atomic E-state index is 13.3. The fourth-order valence-corrected chi connectivity index (χ4v) is 1.24. The summed E-state index contributed by atoms with van der Waals surface area (Å²) in [6, 6.07) is 8.67. The summed E-state index contributed by atoms with van der Waals surface area (Å²) < 4.78 is 13.3. The fourth-order valence-electron chi connectivity index (χ4n) is 1.24. The van der Waals surface area contributed by atoms with Crippen LogP contribution in [0, 0.1) is 17.1 Å². The van der Waals surface area contributed by atoms with Crippen LogP contribution in [-0.2, 0) is 0 Å². The van der Waals surface area contributed by atoms with Crippen LogP contribution < -0.4 is 4.90 Å². The van der Waals surface area contributed by atoms with Crippen molar-refractivity contribution in [3.05, 3.63) is 30.1 Å². The van der Waals surface area contributed by atoms with Crippen LogP contribution in [0.1, 0.15) is 13.3 Å². The molecule has 0 aliphatic heterocycles. The van der Waals surface area contributed by atoms with E-state index in [1.807, 2.05) is 6.92 Å². The molecule has 0 saturated heterocycles. The predicted molar refractivity (Wildman–Crippen MR) is 54.5 cm³/mol. The Kier molecular flexibility index (Phi) is 3.47. The van der Waals surface area contributed by atoms with E-state index in [-0.39, 0.29) is 11.9 Å². The van der Waals surface area contributed by atoms with Gasteiger partial charge in [-0.2, -0.15) is 5.26 Å². The molecule has 74 valence electrons. The van der Waals surface area contributed by atoms with E-state index in [9.17, 15) is 4.39 Å². The van der Waals surface area contributed by atoms with E-state index in [0.29, 0.717) is 12.1 Å². The van der Waals surface area contributed by atoms with Crippen molar-refractivity contribution in [1.29, 1.82) is 5.26 Å². The Morgan fingerprint density at radius 2 is 2.14 bits per heavy atom. The van der Waals surface area contributed by atoms with E-state index in [1.54, 1.807) is 30.1 Å². The lowest BCUT2D eigenvalue weighted by molar-refractivity contribution is 0.607. The van der Waals surface area contributed by atoms with Crippen LogP contribution in [0.5, 0.6) is 0 Å². The molecule has 0 aliphatic carbocycles. The molecular weight excluding hydrogens is 179 g/mol. The van der Waals surface area contributed by atoms with Gasteiger partial charge < -0.3 is 4.90 Å². The van der Waals surface area contributed by atoms with Crippen LogP contribution in [0.15, 0.2) is 24.3 Å². The molecule has 0 heterocycles. The Hall–Kier alpha value is -1.56. The Labute approximate surface area is 83.6 Å². The van der Waals surface area contributed by atoms with Gasteiger partial charge in [-0.15, -0.1) is 0 Å². The topological polar surface area (TPSA) is 27.0 Å². The number of nitriles is 1. The van der Waals surface area contributed by atoms with E-state index in [4.69, 9.17) is 5.26 Å². The van der Waals surface area contributed by atoms with Gasteiger partial charge in [-0.1, -0.05) is 12.1 Å². The number of hydrogen-bond donors (Lipinski definition) is 0. The van der Waals surface area contributed by atoms with Crippen molar-refractivity contribution in [3.63, 3.8) is 0 Å². The lowest BCUT2D eigenvalue weighted by Gasteiger charge is -2.25. The number of benzene rings is 1. The predicted octanol–water partition coefficient (Wildman–Crippen LogP) is 2.56. The number of hydrogen-bond acceptors (Lipinski definition) is 2. The molecule has 0 saturated carbocycles. The van der Waals surface area contributed by atoms with Gasteiger partial charge in [-0.3, -0.25) is 0 Å². The largest absolute Gasteiger partial charge is 0.368 e. The highest BCUT2D eigenvalue weighted by Gasteiger charge is 2.12. The van der Waals surface area contributed by atoms with Gasteiger partial charge in [-0.25, -0.2) is 4.39 Å². The van der Waals surface area contributed by atoms with E-state index >= 15 is 0 Å². The van der Waals surface area contributed by atoms with Gasteiger partial charge in [0.05, 0.1) is 18.2 Å². The number of para-hydroxylation sites is 1. The normalized spacial score (nSPS) is 11.9. The molecule has 14 heavy (non-hydrogen) atoms. The summed E-state index contributed by atoms with van der Waals surface area (Å²) in [7, 11) is 1.79. The number of anilines is 1. The van der Waals surface area contributed by atoms with Gasteiger partial charge in [0.15, 0.2) is 0 Å². The van der Waals surface area contributed by atoms with E-state index in [0.717, 1.165) is 0 Å². The summed E-state index contributed by atoms with van der Waals surface area (Å²) in [5.74, 6) is -0.250. The summed E-state index contributed by atoms with van der Waals surface area (Å²) in [4.78, 5) is 1.78. The summed E-state index contributed by atoms with van der Waals surface area (Å²) >= 11 is 0. The second-order valence-corrected chi connectivity index (χ2v) is 3.27. The van der Waals surface area contributed by atoms with Crippen LogP contribution >= 0.6 is 0 Å². The van der Waals surface area contributed by atoms with Gasteiger partial charge in [0.1, 0.15) is 5.82 Å². The van der Waals surface area contributed by atoms with Crippen LogP contribution in [0.2, 0.25) is 0 Å². The third-order valence-corrected chi connectivity index (χ3v) is 2.28. The molecule has 2 nitrogen and oxygen atoms in total. The zero-order valence-electron chi connectivity index (χ0n) is 8.37. The van der Waals surface area contributed by atoms with Crippen molar-refractivity contribution in [2.75, 3.05) is 11.9 Å². The number of rotatable bonds is 3. The monoisotopic (exact) mass is 192 g/mol. The minimum Gasteiger partial charge on any atom is -0.368 e. The molecule has 0 aromatic heterocycles. The van der Waals surface area contributed by atoms with E-state index in [1.165, 1.54) is 6.07 Å². The lowest BCUT2D eigenvalue weighted by Crippen LogP contribution is -2.29. The molecule has 1 aromatic rings. The van der Waals surface area contributed by atoms with Crippen molar-refractivity contribution < 1.29 is 4.39 Å². The number of nitrogens with zero attached hydrogens (tertiary/aromatic N) is 2. The van der Waals surface area contributed by atoms with Crippen LogP contribution in [0.4, 0.5) is 10.1 Å². The molecule has 1 atom stereocenters. The van der Waals surface area contributed by atoms with Crippen molar-refractivity contribution in [2.45, 2.75) is 19.4 Å². The zero-order valence-corrected chi connectivity index (χ0v) is 8.37. The fraction of sp³-hybridized carbons (Fsp3) is 0.364. The average Bonchev–Trinajstić information content (AvgIpc) is 2.18. The quantitative estimate of drug-likeness (QED) is 0.736. The van der Waals surface area contributed by atoms with Gasteiger partial charge in [-0.05, 0) is 19.1 Å². The SMILES string of the molecule is CC(CC#N)N(C)c1ccccc1F. The molecule has 1 aromatic carbocycles. The first-order valence-corrected chi connectivity index (χ1v) is 4.51. The molecule has 0 bridgehead atoms. The molecule has 3 heteroatoms. The second-order valence-electron chi connectivity index (χ2n) is 3.27. The standard InChI is InChI=1S/C11H13FN2/c1-9(7-8-13)14(2)11-6-4-3-5-10(11)12/h3-6,9H,7H2,1-2H3. The Morgan fingerprint density at radius 1 is 1.50 bits per heavy atom.